The molecule has 0 atom stereocenters. The zero-order chi connectivity index (χ0) is 11.9. The molecule has 1 aromatic carbocycles. The Kier molecular flexibility index (Phi) is 2.72. The van der Waals surface area contributed by atoms with Crippen molar-refractivity contribution in [1.82, 2.24) is 0 Å². The van der Waals surface area contributed by atoms with Crippen molar-refractivity contribution in [1.29, 1.82) is 0 Å². The fraction of sp³-hybridized carbons (Fsp3) is 0.455. The monoisotopic (exact) mass is 245 g/mol. The summed E-state index contributed by atoms with van der Waals surface area (Å²) in [5.41, 5.74) is 5.79. The van der Waals surface area contributed by atoms with Crippen LogP contribution < -0.4 is 10.5 Å². The molecule has 0 radical (unpaired) electrons. The van der Waals surface area contributed by atoms with E-state index < -0.39 is 11.4 Å². The second-order valence-corrected chi connectivity index (χ2v) is 4.49. The van der Waals surface area contributed by atoms with E-state index in [0.717, 1.165) is 12.5 Å². The fourth-order valence-corrected chi connectivity index (χ4v) is 2.38. The Hall–Kier alpha value is -1.00. The van der Waals surface area contributed by atoms with Crippen molar-refractivity contribution in [3.8, 4) is 11.5 Å². The van der Waals surface area contributed by atoms with E-state index in [2.05, 4.69) is 0 Å². The maximum absolute atomic E-state index is 13.4. The van der Waals surface area contributed by atoms with Crippen molar-refractivity contribution in [3.63, 3.8) is 0 Å². The van der Waals surface area contributed by atoms with Crippen LogP contribution in [0.15, 0.2) is 6.07 Å². The highest BCUT2D eigenvalue weighted by atomic mass is 35.5. The first-order chi connectivity index (χ1) is 7.49. The number of hydrogen-bond acceptors (Lipinski definition) is 3. The van der Waals surface area contributed by atoms with E-state index >= 15 is 0 Å². The van der Waals surface area contributed by atoms with E-state index in [-0.39, 0.29) is 16.5 Å². The smallest absolute Gasteiger partial charge is 0.167 e. The highest BCUT2D eigenvalue weighted by Crippen LogP contribution is 2.49. The number of halogens is 2. The fourth-order valence-electron chi connectivity index (χ4n) is 2.06. The molecule has 0 unspecified atom stereocenters. The molecule has 0 spiro atoms. The van der Waals surface area contributed by atoms with E-state index in [1.165, 1.54) is 7.11 Å². The van der Waals surface area contributed by atoms with Crippen LogP contribution in [-0.4, -0.2) is 12.2 Å². The van der Waals surface area contributed by atoms with Gasteiger partial charge in [0.25, 0.3) is 0 Å². The first-order valence-corrected chi connectivity index (χ1v) is 5.42. The van der Waals surface area contributed by atoms with Crippen molar-refractivity contribution in [2.45, 2.75) is 24.8 Å². The van der Waals surface area contributed by atoms with E-state index in [1.54, 1.807) is 0 Å². The Morgan fingerprint density at radius 2 is 2.19 bits per heavy atom. The number of methoxy groups -OCH3 is 1. The first kappa shape index (κ1) is 11.5. The van der Waals surface area contributed by atoms with Crippen molar-refractivity contribution in [2.24, 2.45) is 5.73 Å². The molecule has 0 bridgehead atoms. The standard InChI is InChI=1S/C11H13ClFNO2/c1-16-10-7(15)5-6(13)9(12)8(10)11(14)3-2-4-11/h5,15H,2-4,14H2,1H3. The molecule has 1 aliphatic carbocycles. The molecular formula is C11H13ClFNO2. The maximum atomic E-state index is 13.4. The molecule has 0 saturated heterocycles. The lowest BCUT2D eigenvalue weighted by Crippen LogP contribution is -2.44. The van der Waals surface area contributed by atoms with Gasteiger partial charge in [0.05, 0.1) is 12.1 Å². The molecule has 2 rings (SSSR count). The lowest BCUT2D eigenvalue weighted by atomic mass is 9.72. The van der Waals surface area contributed by atoms with Gasteiger partial charge in [-0.2, -0.15) is 0 Å². The molecule has 1 aromatic rings. The van der Waals surface area contributed by atoms with E-state index in [0.29, 0.717) is 18.4 Å². The largest absolute Gasteiger partial charge is 0.504 e. The predicted molar refractivity (Wildman–Crippen MR) is 59.3 cm³/mol. The Morgan fingerprint density at radius 1 is 1.56 bits per heavy atom. The molecule has 1 aliphatic rings. The van der Waals surface area contributed by atoms with Gasteiger partial charge in [-0.3, -0.25) is 0 Å². The number of rotatable bonds is 2. The minimum Gasteiger partial charge on any atom is -0.504 e. The van der Waals surface area contributed by atoms with Gasteiger partial charge in [-0.15, -0.1) is 0 Å². The highest BCUT2D eigenvalue weighted by molar-refractivity contribution is 6.32. The van der Waals surface area contributed by atoms with Gasteiger partial charge < -0.3 is 15.6 Å². The number of hydrogen-bond donors (Lipinski definition) is 2. The lowest BCUT2D eigenvalue weighted by molar-refractivity contribution is 0.240. The molecule has 1 fully saturated rings. The molecule has 88 valence electrons. The summed E-state index contributed by atoms with van der Waals surface area (Å²) in [4.78, 5) is 0. The van der Waals surface area contributed by atoms with Gasteiger partial charge in [0.2, 0.25) is 0 Å². The molecule has 0 amide bonds. The second kappa shape index (κ2) is 3.79. The number of aromatic hydroxyl groups is 1. The van der Waals surface area contributed by atoms with Gasteiger partial charge >= 0.3 is 0 Å². The summed E-state index contributed by atoms with van der Waals surface area (Å²) < 4.78 is 18.5. The van der Waals surface area contributed by atoms with Gasteiger partial charge in [0.15, 0.2) is 11.5 Å². The van der Waals surface area contributed by atoms with Crippen molar-refractivity contribution in [3.05, 3.63) is 22.5 Å². The molecule has 1 saturated carbocycles. The predicted octanol–water partition coefficient (Wildman–Crippen LogP) is 2.53. The van der Waals surface area contributed by atoms with E-state index in [9.17, 15) is 9.50 Å². The zero-order valence-corrected chi connectivity index (χ0v) is 9.64. The summed E-state index contributed by atoms with van der Waals surface area (Å²) in [6, 6.07) is 0.937. The maximum Gasteiger partial charge on any atom is 0.167 e. The summed E-state index contributed by atoms with van der Waals surface area (Å²) in [7, 11) is 1.40. The molecule has 16 heavy (non-hydrogen) atoms. The molecule has 0 heterocycles. The molecule has 0 aromatic heterocycles. The van der Waals surface area contributed by atoms with E-state index in [4.69, 9.17) is 22.1 Å². The normalized spacial score (nSPS) is 18.0. The lowest BCUT2D eigenvalue weighted by Gasteiger charge is -2.40. The average molecular weight is 246 g/mol. The van der Waals surface area contributed by atoms with Gasteiger partial charge in [0, 0.05) is 17.2 Å². The number of nitrogens with two attached hydrogens (primary N) is 1. The van der Waals surface area contributed by atoms with Gasteiger partial charge in [-0.25, -0.2) is 4.39 Å². The minimum atomic E-state index is -0.679. The van der Waals surface area contributed by atoms with Gasteiger partial charge in [-0.1, -0.05) is 11.6 Å². The van der Waals surface area contributed by atoms with Crippen LogP contribution >= 0.6 is 11.6 Å². The van der Waals surface area contributed by atoms with Crippen LogP contribution in [0.2, 0.25) is 5.02 Å². The highest BCUT2D eigenvalue weighted by Gasteiger charge is 2.40. The summed E-state index contributed by atoms with van der Waals surface area (Å²) >= 11 is 5.90. The van der Waals surface area contributed by atoms with Crippen LogP contribution in [0, 0.1) is 5.82 Å². The Balaban J connectivity index is 2.65. The summed E-state index contributed by atoms with van der Waals surface area (Å²) in [6.07, 6.45) is 2.39. The quantitative estimate of drug-likeness (QED) is 0.842. The first-order valence-electron chi connectivity index (χ1n) is 5.04. The van der Waals surface area contributed by atoms with E-state index in [1.807, 2.05) is 0 Å². The summed E-state index contributed by atoms with van der Waals surface area (Å²) in [5, 5.41) is 9.54. The summed E-state index contributed by atoms with van der Waals surface area (Å²) in [5.74, 6) is -0.767. The third kappa shape index (κ3) is 1.53. The van der Waals surface area contributed by atoms with Crippen LogP contribution in [0.1, 0.15) is 24.8 Å². The van der Waals surface area contributed by atoms with Gasteiger partial charge in [0.1, 0.15) is 5.82 Å². The number of phenols is 1. The van der Waals surface area contributed by atoms with Crippen LogP contribution in [0.4, 0.5) is 4.39 Å². The van der Waals surface area contributed by atoms with Crippen molar-refractivity contribution in [2.75, 3.05) is 7.11 Å². The molecule has 0 aliphatic heterocycles. The molecular weight excluding hydrogens is 233 g/mol. The second-order valence-electron chi connectivity index (χ2n) is 4.11. The Morgan fingerprint density at radius 3 is 2.62 bits per heavy atom. The SMILES string of the molecule is COc1c(O)cc(F)c(Cl)c1C1(N)CCC1. The van der Waals surface area contributed by atoms with Crippen LogP contribution in [0.3, 0.4) is 0 Å². The van der Waals surface area contributed by atoms with Crippen LogP contribution in [0.25, 0.3) is 0 Å². The molecule has 3 nitrogen and oxygen atoms in total. The van der Waals surface area contributed by atoms with Crippen LogP contribution in [0.5, 0.6) is 11.5 Å². The third-order valence-corrected chi connectivity index (χ3v) is 3.47. The van der Waals surface area contributed by atoms with Crippen molar-refractivity contribution >= 4 is 11.6 Å². The molecule has 3 N–H and O–H groups in total. The third-order valence-electron chi connectivity index (χ3n) is 3.10. The Bertz CT molecular complexity index is 432. The number of ether oxygens (including phenoxy) is 1. The van der Waals surface area contributed by atoms with Crippen molar-refractivity contribution < 1.29 is 14.2 Å². The number of benzene rings is 1. The number of phenolic OH excluding ortho intramolecular Hbond substituents is 1. The zero-order valence-electron chi connectivity index (χ0n) is 8.89. The molecule has 5 heteroatoms. The minimum absolute atomic E-state index is 0.0585. The Labute approximate surface area is 98.0 Å². The van der Waals surface area contributed by atoms with Gasteiger partial charge in [-0.05, 0) is 19.3 Å². The summed E-state index contributed by atoms with van der Waals surface area (Å²) in [6.45, 7) is 0. The average Bonchev–Trinajstić information content (AvgIpc) is 2.19. The topological polar surface area (TPSA) is 55.5 Å². The van der Waals surface area contributed by atoms with Crippen LogP contribution in [-0.2, 0) is 5.54 Å².